The lowest BCUT2D eigenvalue weighted by Crippen LogP contribution is -1.95. The Bertz CT molecular complexity index is 779. The second-order valence-electron chi connectivity index (χ2n) is 3.96. The molecular weight excluding hydrogens is 266 g/mol. The van der Waals surface area contributed by atoms with Crippen LogP contribution in [-0.4, -0.2) is 16.1 Å². The summed E-state index contributed by atoms with van der Waals surface area (Å²) in [5.74, 6) is -1.52. The number of hydrogen-bond acceptors (Lipinski definition) is 3. The van der Waals surface area contributed by atoms with Crippen molar-refractivity contribution in [1.29, 1.82) is 0 Å². The van der Waals surface area contributed by atoms with Crippen LogP contribution in [0, 0.1) is 0 Å². The fourth-order valence-corrected chi connectivity index (χ4v) is 2.17. The largest absolute Gasteiger partial charge is 0.474 e. The van der Waals surface area contributed by atoms with E-state index in [9.17, 15) is 4.79 Å². The van der Waals surface area contributed by atoms with E-state index in [4.69, 9.17) is 21.1 Å². The molecule has 0 aliphatic heterocycles. The molecule has 1 aromatic heterocycles. The van der Waals surface area contributed by atoms with Crippen LogP contribution in [0.5, 0.6) is 0 Å². The first kappa shape index (κ1) is 11.7. The van der Waals surface area contributed by atoms with E-state index in [-0.39, 0.29) is 5.89 Å². The second kappa shape index (κ2) is 4.40. The molecule has 4 nitrogen and oxygen atoms in total. The molecule has 3 rings (SSSR count). The van der Waals surface area contributed by atoms with Crippen LogP contribution in [0.4, 0.5) is 0 Å². The van der Waals surface area contributed by atoms with E-state index >= 15 is 0 Å². The highest BCUT2D eigenvalue weighted by Gasteiger charge is 2.16. The normalized spacial score (nSPS) is 10.8. The van der Waals surface area contributed by atoms with Crippen LogP contribution in [0.1, 0.15) is 10.7 Å². The lowest BCUT2D eigenvalue weighted by molar-refractivity contribution is 0.0656. The first-order valence-electron chi connectivity index (χ1n) is 5.54. The predicted octanol–water partition coefficient (Wildman–Crippen LogP) is 3.85. The predicted molar refractivity (Wildman–Crippen MR) is 71.4 cm³/mol. The third-order valence-corrected chi connectivity index (χ3v) is 3.10. The van der Waals surface area contributed by atoms with Crippen molar-refractivity contribution in [2.75, 3.05) is 0 Å². The molecule has 0 radical (unpaired) electrons. The monoisotopic (exact) mass is 273 g/mol. The number of oxazole rings is 1. The number of benzene rings is 2. The number of hydrogen-bond donors (Lipinski definition) is 1. The summed E-state index contributed by atoms with van der Waals surface area (Å²) in [6, 6.07) is 12.6. The van der Waals surface area contributed by atoms with Crippen molar-refractivity contribution in [3.05, 3.63) is 53.4 Å². The SMILES string of the molecule is O=C(O)c1nc2c(-c3ccccc3Cl)cccc2o1. The Hall–Kier alpha value is -2.33. The van der Waals surface area contributed by atoms with Crippen molar-refractivity contribution in [1.82, 2.24) is 4.98 Å². The minimum absolute atomic E-state index is 0.325. The highest BCUT2D eigenvalue weighted by atomic mass is 35.5. The maximum Gasteiger partial charge on any atom is 0.392 e. The molecule has 1 N–H and O–H groups in total. The molecule has 2 aromatic carbocycles. The van der Waals surface area contributed by atoms with E-state index in [1.807, 2.05) is 24.3 Å². The van der Waals surface area contributed by atoms with Crippen molar-refractivity contribution in [2.24, 2.45) is 0 Å². The van der Waals surface area contributed by atoms with Crippen molar-refractivity contribution < 1.29 is 14.3 Å². The summed E-state index contributed by atoms with van der Waals surface area (Å²) < 4.78 is 5.18. The van der Waals surface area contributed by atoms with Gasteiger partial charge >= 0.3 is 11.9 Å². The van der Waals surface area contributed by atoms with Gasteiger partial charge in [0.05, 0.1) is 0 Å². The van der Waals surface area contributed by atoms with Crippen molar-refractivity contribution in [3.63, 3.8) is 0 Å². The molecule has 1 heterocycles. The Kier molecular flexibility index (Phi) is 2.72. The standard InChI is InChI=1S/C14H8ClNO3/c15-10-6-2-1-4-8(10)9-5-3-7-11-12(9)16-13(19-11)14(17)18/h1-7H,(H,17,18). The third-order valence-electron chi connectivity index (χ3n) is 2.77. The molecule has 0 amide bonds. The van der Waals surface area contributed by atoms with E-state index in [1.165, 1.54) is 0 Å². The van der Waals surface area contributed by atoms with Gasteiger partial charge in [0.15, 0.2) is 5.58 Å². The van der Waals surface area contributed by atoms with Crippen molar-refractivity contribution >= 4 is 28.7 Å². The van der Waals surface area contributed by atoms with Gasteiger partial charge in [0.2, 0.25) is 0 Å². The molecule has 0 saturated heterocycles. The smallest absolute Gasteiger partial charge is 0.392 e. The first-order valence-corrected chi connectivity index (χ1v) is 5.92. The number of aromatic carboxylic acids is 1. The molecule has 5 heteroatoms. The maximum atomic E-state index is 10.9. The molecule has 3 aromatic rings. The van der Waals surface area contributed by atoms with Gasteiger partial charge in [-0.3, -0.25) is 0 Å². The Morgan fingerprint density at radius 1 is 1.11 bits per heavy atom. The van der Waals surface area contributed by atoms with Gasteiger partial charge in [-0.1, -0.05) is 41.9 Å². The summed E-state index contributed by atoms with van der Waals surface area (Å²) in [7, 11) is 0. The van der Waals surface area contributed by atoms with Gasteiger partial charge in [0.1, 0.15) is 5.52 Å². The molecule has 0 atom stereocenters. The minimum Gasteiger partial charge on any atom is -0.474 e. The van der Waals surface area contributed by atoms with Crippen LogP contribution in [-0.2, 0) is 0 Å². The average molecular weight is 274 g/mol. The number of aromatic nitrogens is 1. The number of nitrogens with zero attached hydrogens (tertiary/aromatic N) is 1. The fourth-order valence-electron chi connectivity index (χ4n) is 1.94. The summed E-state index contributed by atoms with van der Waals surface area (Å²) >= 11 is 6.15. The highest BCUT2D eigenvalue weighted by molar-refractivity contribution is 6.33. The Labute approximate surface area is 113 Å². The van der Waals surface area contributed by atoms with Crippen LogP contribution in [0.2, 0.25) is 5.02 Å². The third kappa shape index (κ3) is 1.96. The topological polar surface area (TPSA) is 63.3 Å². The van der Waals surface area contributed by atoms with Crippen molar-refractivity contribution in [2.45, 2.75) is 0 Å². The van der Waals surface area contributed by atoms with Gasteiger partial charge < -0.3 is 9.52 Å². The Balaban J connectivity index is 2.30. The average Bonchev–Trinajstić information content (AvgIpc) is 2.83. The van der Waals surface area contributed by atoms with Gasteiger partial charge in [-0.05, 0) is 12.1 Å². The molecule has 0 saturated carbocycles. The molecular formula is C14H8ClNO3. The maximum absolute atomic E-state index is 10.9. The lowest BCUT2D eigenvalue weighted by Gasteiger charge is -2.03. The van der Waals surface area contributed by atoms with Crippen LogP contribution < -0.4 is 0 Å². The van der Waals surface area contributed by atoms with E-state index in [0.29, 0.717) is 16.1 Å². The summed E-state index contributed by atoms with van der Waals surface area (Å²) in [4.78, 5) is 14.9. The Morgan fingerprint density at radius 3 is 2.58 bits per heavy atom. The molecule has 0 aliphatic carbocycles. The van der Waals surface area contributed by atoms with Crippen LogP contribution in [0.15, 0.2) is 46.9 Å². The molecule has 19 heavy (non-hydrogen) atoms. The number of para-hydroxylation sites is 1. The molecule has 0 fully saturated rings. The lowest BCUT2D eigenvalue weighted by atomic mass is 10.0. The zero-order valence-electron chi connectivity index (χ0n) is 9.63. The van der Waals surface area contributed by atoms with Gasteiger partial charge in [0.25, 0.3) is 0 Å². The number of rotatable bonds is 2. The van der Waals surface area contributed by atoms with E-state index in [1.54, 1.807) is 18.2 Å². The minimum atomic E-state index is -1.19. The van der Waals surface area contributed by atoms with Crippen molar-refractivity contribution in [3.8, 4) is 11.1 Å². The van der Waals surface area contributed by atoms with Gasteiger partial charge in [-0.15, -0.1) is 0 Å². The second-order valence-corrected chi connectivity index (χ2v) is 4.36. The zero-order chi connectivity index (χ0) is 13.4. The fraction of sp³-hybridized carbons (Fsp3) is 0. The number of fused-ring (bicyclic) bond motifs is 1. The quantitative estimate of drug-likeness (QED) is 0.770. The first-order chi connectivity index (χ1) is 9.16. The summed E-state index contributed by atoms with van der Waals surface area (Å²) in [6.45, 7) is 0. The Morgan fingerprint density at radius 2 is 1.84 bits per heavy atom. The summed E-state index contributed by atoms with van der Waals surface area (Å²) in [6.07, 6.45) is 0. The van der Waals surface area contributed by atoms with Crippen LogP contribution in [0.3, 0.4) is 0 Å². The number of carboxylic acid groups (broad SMARTS) is 1. The van der Waals surface area contributed by atoms with E-state index in [2.05, 4.69) is 4.98 Å². The zero-order valence-corrected chi connectivity index (χ0v) is 10.4. The molecule has 0 unspecified atom stereocenters. The van der Waals surface area contributed by atoms with E-state index < -0.39 is 5.97 Å². The number of carboxylic acids is 1. The van der Waals surface area contributed by atoms with E-state index in [0.717, 1.165) is 11.1 Å². The summed E-state index contributed by atoms with van der Waals surface area (Å²) in [5, 5.41) is 9.50. The molecule has 94 valence electrons. The van der Waals surface area contributed by atoms with Gasteiger partial charge in [0, 0.05) is 16.1 Å². The molecule has 0 aliphatic rings. The number of carbonyl (C=O) groups is 1. The van der Waals surface area contributed by atoms with Gasteiger partial charge in [-0.25, -0.2) is 9.78 Å². The number of halogens is 1. The summed E-state index contributed by atoms with van der Waals surface area (Å²) in [5.41, 5.74) is 2.46. The molecule has 0 spiro atoms. The highest BCUT2D eigenvalue weighted by Crippen LogP contribution is 2.33. The van der Waals surface area contributed by atoms with Crippen LogP contribution >= 0.6 is 11.6 Å². The van der Waals surface area contributed by atoms with Gasteiger partial charge in [-0.2, -0.15) is 0 Å². The van der Waals surface area contributed by atoms with Crippen LogP contribution in [0.25, 0.3) is 22.2 Å². The molecule has 0 bridgehead atoms.